The molecule has 0 amide bonds. The first kappa shape index (κ1) is 13.9. The van der Waals surface area contributed by atoms with Gasteiger partial charge in [-0.1, -0.05) is 20.8 Å². The standard InChI is InChI=1S/C10H20FN.C2H6/c1-9-4-6-12(7-5-9)8-10(2,3)11;1-2/h9H,4-8H2,1-3H3;1-2H3. The Labute approximate surface area is 88.7 Å². The van der Waals surface area contributed by atoms with E-state index in [4.69, 9.17) is 0 Å². The monoisotopic (exact) mass is 203 g/mol. The van der Waals surface area contributed by atoms with Crippen LogP contribution < -0.4 is 0 Å². The molecule has 1 rings (SSSR count). The van der Waals surface area contributed by atoms with Crippen molar-refractivity contribution in [3.05, 3.63) is 0 Å². The van der Waals surface area contributed by atoms with Crippen molar-refractivity contribution < 1.29 is 4.39 Å². The van der Waals surface area contributed by atoms with Gasteiger partial charge in [-0.05, 0) is 45.7 Å². The molecule has 0 bridgehead atoms. The molecule has 1 fully saturated rings. The summed E-state index contributed by atoms with van der Waals surface area (Å²) in [5.74, 6) is 0.837. The van der Waals surface area contributed by atoms with E-state index in [9.17, 15) is 4.39 Å². The molecule has 0 atom stereocenters. The zero-order valence-electron chi connectivity index (χ0n) is 10.4. The highest BCUT2D eigenvalue weighted by Crippen LogP contribution is 2.19. The Kier molecular flexibility index (Phi) is 6.34. The number of alkyl halides is 1. The third kappa shape index (κ3) is 6.36. The molecule has 0 aromatic heterocycles. The highest BCUT2D eigenvalue weighted by molar-refractivity contribution is 4.76. The Morgan fingerprint density at radius 3 is 2.00 bits per heavy atom. The average molecular weight is 203 g/mol. The maximum Gasteiger partial charge on any atom is 0.118 e. The van der Waals surface area contributed by atoms with Crippen LogP contribution in [-0.4, -0.2) is 30.2 Å². The maximum atomic E-state index is 13.2. The lowest BCUT2D eigenvalue weighted by Crippen LogP contribution is -2.40. The Balaban J connectivity index is 0.000000791. The Hall–Kier alpha value is -0.110. The molecule has 0 aromatic rings. The van der Waals surface area contributed by atoms with Crippen LogP contribution in [0.15, 0.2) is 0 Å². The van der Waals surface area contributed by atoms with Crippen LogP contribution in [0.25, 0.3) is 0 Å². The average Bonchev–Trinajstić information content (AvgIpc) is 2.10. The van der Waals surface area contributed by atoms with Gasteiger partial charge < -0.3 is 4.90 Å². The molecule has 2 heteroatoms. The molecule has 0 radical (unpaired) electrons. The van der Waals surface area contributed by atoms with E-state index in [0.29, 0.717) is 6.54 Å². The smallest absolute Gasteiger partial charge is 0.118 e. The van der Waals surface area contributed by atoms with Crippen LogP contribution in [0.3, 0.4) is 0 Å². The molecular formula is C12H26FN. The summed E-state index contributed by atoms with van der Waals surface area (Å²) >= 11 is 0. The number of rotatable bonds is 2. The lowest BCUT2D eigenvalue weighted by Gasteiger charge is -2.33. The first-order chi connectivity index (χ1) is 6.47. The molecule has 0 aliphatic carbocycles. The van der Waals surface area contributed by atoms with Crippen molar-refractivity contribution in [1.82, 2.24) is 4.90 Å². The summed E-state index contributed by atoms with van der Waals surface area (Å²) in [6.07, 6.45) is 2.46. The number of piperidine rings is 1. The predicted molar refractivity (Wildman–Crippen MR) is 61.4 cm³/mol. The van der Waals surface area contributed by atoms with Crippen molar-refractivity contribution in [2.45, 2.75) is 53.1 Å². The minimum absolute atomic E-state index is 0.597. The molecule has 1 nitrogen and oxygen atoms in total. The molecule has 0 N–H and O–H groups in total. The number of nitrogens with zero attached hydrogens (tertiary/aromatic N) is 1. The quantitative estimate of drug-likeness (QED) is 0.664. The van der Waals surface area contributed by atoms with Gasteiger partial charge in [0.15, 0.2) is 0 Å². The van der Waals surface area contributed by atoms with Gasteiger partial charge in [-0.25, -0.2) is 4.39 Å². The molecule has 0 unspecified atom stereocenters. The Bertz CT molecular complexity index is 132. The van der Waals surface area contributed by atoms with Gasteiger partial charge in [0, 0.05) is 6.54 Å². The van der Waals surface area contributed by atoms with Crippen molar-refractivity contribution in [2.24, 2.45) is 5.92 Å². The van der Waals surface area contributed by atoms with E-state index < -0.39 is 5.67 Å². The fourth-order valence-corrected chi connectivity index (χ4v) is 1.75. The van der Waals surface area contributed by atoms with Crippen molar-refractivity contribution in [3.63, 3.8) is 0 Å². The lowest BCUT2D eigenvalue weighted by molar-refractivity contribution is 0.0986. The molecule has 14 heavy (non-hydrogen) atoms. The minimum atomic E-state index is -1.03. The number of likely N-dealkylation sites (tertiary alicyclic amines) is 1. The zero-order valence-corrected chi connectivity index (χ0v) is 10.4. The van der Waals surface area contributed by atoms with E-state index in [1.807, 2.05) is 13.8 Å². The number of halogens is 1. The summed E-state index contributed by atoms with van der Waals surface area (Å²) in [5.41, 5.74) is -1.03. The fourth-order valence-electron chi connectivity index (χ4n) is 1.75. The van der Waals surface area contributed by atoms with Crippen LogP contribution in [0.2, 0.25) is 0 Å². The molecule has 1 aliphatic heterocycles. The van der Waals surface area contributed by atoms with E-state index in [-0.39, 0.29) is 0 Å². The van der Waals surface area contributed by atoms with Gasteiger partial charge in [0.2, 0.25) is 0 Å². The summed E-state index contributed by atoms with van der Waals surface area (Å²) in [7, 11) is 0. The van der Waals surface area contributed by atoms with Crippen LogP contribution in [0.1, 0.15) is 47.5 Å². The van der Waals surface area contributed by atoms with Crippen LogP contribution in [0, 0.1) is 5.92 Å². The Morgan fingerprint density at radius 1 is 1.21 bits per heavy atom. The molecule has 1 saturated heterocycles. The van der Waals surface area contributed by atoms with Crippen LogP contribution in [-0.2, 0) is 0 Å². The predicted octanol–water partition coefficient (Wildman–Crippen LogP) is 3.49. The van der Waals surface area contributed by atoms with E-state index >= 15 is 0 Å². The fraction of sp³-hybridized carbons (Fsp3) is 1.00. The summed E-state index contributed by atoms with van der Waals surface area (Å²) in [5, 5.41) is 0. The second-order valence-corrected chi connectivity index (χ2v) is 4.68. The highest BCUT2D eigenvalue weighted by Gasteiger charge is 2.23. The second kappa shape index (κ2) is 6.39. The lowest BCUT2D eigenvalue weighted by atomic mass is 9.98. The zero-order chi connectivity index (χ0) is 11.2. The summed E-state index contributed by atoms with van der Waals surface area (Å²) < 4.78 is 13.2. The highest BCUT2D eigenvalue weighted by atomic mass is 19.1. The minimum Gasteiger partial charge on any atom is -0.300 e. The first-order valence-corrected chi connectivity index (χ1v) is 5.89. The topological polar surface area (TPSA) is 3.24 Å². The molecule has 1 heterocycles. The van der Waals surface area contributed by atoms with Crippen LogP contribution in [0.5, 0.6) is 0 Å². The van der Waals surface area contributed by atoms with Gasteiger partial charge in [0.1, 0.15) is 5.67 Å². The van der Waals surface area contributed by atoms with Crippen LogP contribution >= 0.6 is 0 Å². The first-order valence-electron chi connectivity index (χ1n) is 5.89. The molecule has 0 aromatic carbocycles. The number of hydrogen-bond acceptors (Lipinski definition) is 1. The van der Waals surface area contributed by atoms with Crippen molar-refractivity contribution in [3.8, 4) is 0 Å². The van der Waals surface area contributed by atoms with E-state index in [0.717, 1.165) is 19.0 Å². The molecule has 0 saturated carbocycles. The normalized spacial score (nSPS) is 20.1. The molecule has 1 aliphatic rings. The van der Waals surface area contributed by atoms with Gasteiger partial charge in [-0.15, -0.1) is 0 Å². The van der Waals surface area contributed by atoms with E-state index in [2.05, 4.69) is 11.8 Å². The van der Waals surface area contributed by atoms with Crippen LogP contribution in [0.4, 0.5) is 4.39 Å². The van der Waals surface area contributed by atoms with Crippen molar-refractivity contribution >= 4 is 0 Å². The van der Waals surface area contributed by atoms with E-state index in [1.54, 1.807) is 13.8 Å². The summed E-state index contributed by atoms with van der Waals surface area (Å²) in [6, 6.07) is 0. The Morgan fingerprint density at radius 2 is 1.64 bits per heavy atom. The maximum absolute atomic E-state index is 13.2. The van der Waals surface area contributed by atoms with Gasteiger partial charge in [0.05, 0.1) is 0 Å². The summed E-state index contributed by atoms with van der Waals surface area (Å²) in [6.45, 7) is 12.3. The molecular weight excluding hydrogens is 177 g/mol. The van der Waals surface area contributed by atoms with Gasteiger partial charge in [0.25, 0.3) is 0 Å². The second-order valence-electron chi connectivity index (χ2n) is 4.68. The van der Waals surface area contributed by atoms with Gasteiger partial charge >= 0.3 is 0 Å². The third-order valence-corrected chi connectivity index (χ3v) is 2.48. The third-order valence-electron chi connectivity index (χ3n) is 2.48. The van der Waals surface area contributed by atoms with Crippen molar-refractivity contribution in [1.29, 1.82) is 0 Å². The van der Waals surface area contributed by atoms with Crippen molar-refractivity contribution in [2.75, 3.05) is 19.6 Å². The SMILES string of the molecule is CC.CC1CCN(CC(C)(C)F)CC1. The summed E-state index contributed by atoms with van der Waals surface area (Å²) in [4.78, 5) is 2.24. The van der Waals surface area contributed by atoms with Gasteiger partial charge in [-0.3, -0.25) is 0 Å². The molecule has 0 spiro atoms. The number of hydrogen-bond donors (Lipinski definition) is 0. The largest absolute Gasteiger partial charge is 0.300 e. The van der Waals surface area contributed by atoms with E-state index in [1.165, 1.54) is 12.8 Å². The molecule has 86 valence electrons. The van der Waals surface area contributed by atoms with Gasteiger partial charge in [-0.2, -0.15) is 0 Å².